The van der Waals surface area contributed by atoms with Gasteiger partial charge in [-0.2, -0.15) is 0 Å². The zero-order valence-electron chi connectivity index (χ0n) is 12.4. The monoisotopic (exact) mass is 293 g/mol. The van der Waals surface area contributed by atoms with Crippen LogP contribution in [-0.4, -0.2) is 23.9 Å². The Balaban J connectivity index is 2.05. The summed E-state index contributed by atoms with van der Waals surface area (Å²) in [6.45, 7) is 6.40. The molecule has 1 saturated carbocycles. The Morgan fingerprint density at radius 3 is 2.65 bits per heavy atom. The molecule has 0 heterocycles. The predicted molar refractivity (Wildman–Crippen MR) is 82.9 cm³/mol. The van der Waals surface area contributed by atoms with Crippen molar-refractivity contribution in [3.05, 3.63) is 29.3 Å². The third-order valence-electron chi connectivity index (χ3n) is 3.92. The number of hydrogen-bond donors (Lipinski definition) is 1. The number of nitrogens with two attached hydrogens (primary N) is 1. The number of carbonyl (C=O) groups is 1. The molecule has 0 amide bonds. The van der Waals surface area contributed by atoms with Gasteiger partial charge in [0.2, 0.25) is 0 Å². The first-order chi connectivity index (χ1) is 9.47. The minimum atomic E-state index is -0.834. The number of carbonyl (C=O) groups excluding carboxylic acids is 1. The van der Waals surface area contributed by atoms with Crippen molar-refractivity contribution in [2.24, 2.45) is 11.7 Å². The molecule has 0 spiro atoms. The molecule has 1 aliphatic rings. The van der Waals surface area contributed by atoms with Gasteiger partial charge >= 0.3 is 5.97 Å². The average Bonchev–Trinajstić information content (AvgIpc) is 3.25. The fraction of sp³-hybridized carbons (Fsp3) is 0.562. The van der Waals surface area contributed by atoms with Gasteiger partial charge in [-0.3, -0.25) is 4.79 Å². The summed E-state index contributed by atoms with van der Waals surface area (Å²) in [6.07, 6.45) is 2.06. The zero-order chi connectivity index (χ0) is 14.8. The van der Waals surface area contributed by atoms with Gasteiger partial charge < -0.3 is 10.5 Å². The molecule has 1 aliphatic carbocycles. The SMILES string of the molecule is CCOC(=O)C(N)(CSc1ccc(C)c(C)c1)C1CC1. The van der Waals surface area contributed by atoms with Gasteiger partial charge in [-0.15, -0.1) is 11.8 Å². The number of thioether (sulfide) groups is 1. The van der Waals surface area contributed by atoms with Crippen molar-refractivity contribution in [1.29, 1.82) is 0 Å². The van der Waals surface area contributed by atoms with Crippen molar-refractivity contribution in [1.82, 2.24) is 0 Å². The molecule has 0 aromatic heterocycles. The van der Waals surface area contributed by atoms with E-state index in [1.54, 1.807) is 11.8 Å². The van der Waals surface area contributed by atoms with Gasteiger partial charge in [-0.1, -0.05) is 6.07 Å². The summed E-state index contributed by atoms with van der Waals surface area (Å²) in [5.74, 6) is 0.610. The summed E-state index contributed by atoms with van der Waals surface area (Å²) in [6, 6.07) is 6.35. The van der Waals surface area contributed by atoms with E-state index in [1.807, 2.05) is 6.92 Å². The summed E-state index contributed by atoms with van der Waals surface area (Å²) in [4.78, 5) is 13.3. The molecular formula is C16H23NO2S. The highest BCUT2D eigenvalue weighted by Gasteiger charge is 2.49. The molecular weight excluding hydrogens is 270 g/mol. The highest BCUT2D eigenvalue weighted by molar-refractivity contribution is 7.99. The van der Waals surface area contributed by atoms with Crippen LogP contribution in [0.1, 0.15) is 30.9 Å². The van der Waals surface area contributed by atoms with Gasteiger partial charge in [0, 0.05) is 10.6 Å². The fourth-order valence-electron chi connectivity index (χ4n) is 2.21. The molecule has 110 valence electrons. The Morgan fingerprint density at radius 2 is 2.10 bits per heavy atom. The molecule has 0 aliphatic heterocycles. The van der Waals surface area contributed by atoms with Crippen molar-refractivity contribution in [2.45, 2.75) is 44.0 Å². The second-order valence-electron chi connectivity index (χ2n) is 5.57. The third-order valence-corrected chi connectivity index (χ3v) is 5.13. The molecule has 1 fully saturated rings. The number of ether oxygens (including phenoxy) is 1. The lowest BCUT2D eigenvalue weighted by molar-refractivity contribution is -0.149. The molecule has 1 aromatic rings. The van der Waals surface area contributed by atoms with Crippen LogP contribution in [0.25, 0.3) is 0 Å². The smallest absolute Gasteiger partial charge is 0.327 e. The molecule has 0 radical (unpaired) electrons. The molecule has 20 heavy (non-hydrogen) atoms. The summed E-state index contributed by atoms with van der Waals surface area (Å²) in [7, 11) is 0. The maximum Gasteiger partial charge on any atom is 0.327 e. The Kier molecular flexibility index (Phi) is 4.76. The van der Waals surface area contributed by atoms with Crippen molar-refractivity contribution < 1.29 is 9.53 Å². The largest absolute Gasteiger partial charge is 0.465 e. The first kappa shape index (κ1) is 15.4. The van der Waals surface area contributed by atoms with E-state index in [1.165, 1.54) is 11.1 Å². The van der Waals surface area contributed by atoms with E-state index < -0.39 is 5.54 Å². The van der Waals surface area contributed by atoms with Gasteiger partial charge in [0.25, 0.3) is 0 Å². The van der Waals surface area contributed by atoms with E-state index in [0.29, 0.717) is 12.4 Å². The molecule has 0 saturated heterocycles. The van der Waals surface area contributed by atoms with E-state index in [0.717, 1.165) is 17.7 Å². The molecule has 3 nitrogen and oxygen atoms in total. The number of esters is 1. The first-order valence-electron chi connectivity index (χ1n) is 7.13. The van der Waals surface area contributed by atoms with E-state index in [4.69, 9.17) is 10.5 Å². The highest BCUT2D eigenvalue weighted by Crippen LogP contribution is 2.41. The Labute approximate surface area is 125 Å². The van der Waals surface area contributed by atoms with E-state index in [2.05, 4.69) is 32.0 Å². The van der Waals surface area contributed by atoms with Gasteiger partial charge in [0.1, 0.15) is 5.54 Å². The number of aryl methyl sites for hydroxylation is 2. The van der Waals surface area contributed by atoms with Crippen LogP contribution in [0.2, 0.25) is 0 Å². The summed E-state index contributed by atoms with van der Waals surface area (Å²) >= 11 is 1.65. The summed E-state index contributed by atoms with van der Waals surface area (Å²) < 4.78 is 5.16. The second-order valence-corrected chi connectivity index (χ2v) is 6.62. The molecule has 2 rings (SSSR count). The number of benzene rings is 1. The van der Waals surface area contributed by atoms with Crippen molar-refractivity contribution >= 4 is 17.7 Å². The van der Waals surface area contributed by atoms with Crippen LogP contribution in [0.15, 0.2) is 23.1 Å². The van der Waals surface area contributed by atoms with Crippen LogP contribution in [0.4, 0.5) is 0 Å². The molecule has 1 aromatic carbocycles. The van der Waals surface area contributed by atoms with Crippen molar-refractivity contribution in [3.63, 3.8) is 0 Å². The lowest BCUT2D eigenvalue weighted by Crippen LogP contribution is -2.53. The maximum atomic E-state index is 12.1. The minimum Gasteiger partial charge on any atom is -0.465 e. The Morgan fingerprint density at radius 1 is 1.40 bits per heavy atom. The van der Waals surface area contributed by atoms with Crippen LogP contribution >= 0.6 is 11.8 Å². The molecule has 4 heteroatoms. The third kappa shape index (κ3) is 3.36. The van der Waals surface area contributed by atoms with Gasteiger partial charge in [-0.25, -0.2) is 0 Å². The summed E-state index contributed by atoms with van der Waals surface area (Å²) in [5.41, 5.74) is 8.06. The fourth-order valence-corrected chi connectivity index (χ4v) is 3.40. The molecule has 0 bridgehead atoms. The Hall–Kier alpha value is -1.00. The van der Waals surface area contributed by atoms with Gasteiger partial charge in [0.15, 0.2) is 0 Å². The normalized spacial score (nSPS) is 17.6. The van der Waals surface area contributed by atoms with E-state index >= 15 is 0 Å². The van der Waals surface area contributed by atoms with Crippen LogP contribution in [0.5, 0.6) is 0 Å². The molecule has 1 unspecified atom stereocenters. The van der Waals surface area contributed by atoms with Crippen LogP contribution in [0.3, 0.4) is 0 Å². The minimum absolute atomic E-state index is 0.251. The quantitative estimate of drug-likeness (QED) is 0.647. The van der Waals surface area contributed by atoms with E-state index in [-0.39, 0.29) is 11.9 Å². The summed E-state index contributed by atoms with van der Waals surface area (Å²) in [5, 5.41) is 0. The first-order valence-corrected chi connectivity index (χ1v) is 8.12. The lowest BCUT2D eigenvalue weighted by Gasteiger charge is -2.26. The van der Waals surface area contributed by atoms with Crippen LogP contribution in [-0.2, 0) is 9.53 Å². The lowest BCUT2D eigenvalue weighted by atomic mass is 9.97. The van der Waals surface area contributed by atoms with Crippen LogP contribution < -0.4 is 5.73 Å². The average molecular weight is 293 g/mol. The zero-order valence-corrected chi connectivity index (χ0v) is 13.3. The maximum absolute atomic E-state index is 12.1. The number of rotatable bonds is 6. The van der Waals surface area contributed by atoms with E-state index in [9.17, 15) is 4.79 Å². The Bertz CT molecular complexity index is 499. The van der Waals surface area contributed by atoms with Gasteiger partial charge in [-0.05, 0) is 62.8 Å². The molecule has 2 N–H and O–H groups in total. The highest BCUT2D eigenvalue weighted by atomic mass is 32.2. The van der Waals surface area contributed by atoms with Gasteiger partial charge in [0.05, 0.1) is 6.61 Å². The molecule has 1 atom stereocenters. The predicted octanol–water partition coefficient (Wildman–Crippen LogP) is 3.07. The second kappa shape index (κ2) is 6.19. The number of hydrogen-bond acceptors (Lipinski definition) is 4. The standard InChI is InChI=1S/C16H23NO2S/c1-4-19-15(18)16(17,13-6-7-13)10-20-14-8-5-11(2)12(3)9-14/h5,8-9,13H,4,6-7,10,17H2,1-3H3. The van der Waals surface area contributed by atoms with Crippen molar-refractivity contribution in [2.75, 3.05) is 12.4 Å². The van der Waals surface area contributed by atoms with Crippen LogP contribution in [0, 0.1) is 19.8 Å². The van der Waals surface area contributed by atoms with Crippen molar-refractivity contribution in [3.8, 4) is 0 Å². The topological polar surface area (TPSA) is 52.3 Å².